The third-order valence-electron chi connectivity index (χ3n) is 3.99. The Bertz CT molecular complexity index is 631. The highest BCUT2D eigenvalue weighted by Gasteiger charge is 2.23. The average molecular weight is 329 g/mol. The van der Waals surface area contributed by atoms with Crippen molar-refractivity contribution in [3.8, 4) is 0 Å². The predicted octanol–water partition coefficient (Wildman–Crippen LogP) is 1.03. The van der Waals surface area contributed by atoms with Crippen molar-refractivity contribution in [2.45, 2.75) is 38.4 Å². The maximum absolute atomic E-state index is 12.2. The van der Waals surface area contributed by atoms with Crippen molar-refractivity contribution in [3.63, 3.8) is 0 Å². The van der Waals surface area contributed by atoms with Crippen molar-refractivity contribution < 1.29 is 4.79 Å². The molecule has 2 aromatic rings. The van der Waals surface area contributed by atoms with Crippen LogP contribution in [-0.4, -0.2) is 51.0 Å². The van der Waals surface area contributed by atoms with Gasteiger partial charge in [0.25, 0.3) is 0 Å². The Hall–Kier alpha value is -2.64. The van der Waals surface area contributed by atoms with E-state index in [2.05, 4.69) is 30.6 Å². The van der Waals surface area contributed by atoms with E-state index in [0.717, 1.165) is 31.9 Å². The number of nitrogens with zero attached hydrogens (tertiary/aromatic N) is 5. The Balaban J connectivity index is 1.47. The van der Waals surface area contributed by atoms with E-state index >= 15 is 0 Å². The second kappa shape index (κ2) is 7.76. The molecule has 0 unspecified atom stereocenters. The van der Waals surface area contributed by atoms with E-state index in [9.17, 15) is 4.79 Å². The third-order valence-corrected chi connectivity index (χ3v) is 3.99. The first-order valence-electron chi connectivity index (χ1n) is 8.27. The molecule has 1 aliphatic rings. The molecule has 2 amide bonds. The van der Waals surface area contributed by atoms with E-state index in [1.54, 1.807) is 29.3 Å². The summed E-state index contributed by atoms with van der Waals surface area (Å²) in [4.78, 5) is 22.9. The molecular weight excluding hydrogens is 306 g/mol. The number of carbonyl (C=O) groups excluding carboxylic acids is 1. The van der Waals surface area contributed by atoms with Gasteiger partial charge in [-0.1, -0.05) is 0 Å². The van der Waals surface area contributed by atoms with Gasteiger partial charge >= 0.3 is 6.03 Å². The molecule has 0 spiro atoms. The van der Waals surface area contributed by atoms with Gasteiger partial charge in [0, 0.05) is 50.0 Å². The smallest absolute Gasteiger partial charge is 0.315 e. The highest BCUT2D eigenvalue weighted by molar-refractivity contribution is 5.74. The minimum atomic E-state index is -0.143. The van der Waals surface area contributed by atoms with Gasteiger partial charge in [0.2, 0.25) is 5.95 Å². The van der Waals surface area contributed by atoms with Crippen LogP contribution in [0, 0.1) is 0 Å². The molecule has 0 bridgehead atoms. The third kappa shape index (κ3) is 4.43. The molecule has 2 atom stereocenters. The molecule has 0 saturated carbocycles. The van der Waals surface area contributed by atoms with Crippen molar-refractivity contribution in [3.05, 3.63) is 36.9 Å². The highest BCUT2D eigenvalue weighted by atomic mass is 16.2. The number of urea groups is 1. The quantitative estimate of drug-likeness (QED) is 0.855. The van der Waals surface area contributed by atoms with Crippen LogP contribution < -0.4 is 15.5 Å². The monoisotopic (exact) mass is 329 g/mol. The van der Waals surface area contributed by atoms with Gasteiger partial charge in [0.15, 0.2) is 0 Å². The summed E-state index contributed by atoms with van der Waals surface area (Å²) in [5.41, 5.74) is 0. The largest absolute Gasteiger partial charge is 0.339 e. The van der Waals surface area contributed by atoms with Crippen LogP contribution in [0.5, 0.6) is 0 Å². The maximum Gasteiger partial charge on any atom is 0.315 e. The summed E-state index contributed by atoms with van der Waals surface area (Å²) < 4.78 is 1.81. The van der Waals surface area contributed by atoms with Crippen LogP contribution in [0.15, 0.2) is 36.9 Å². The number of amides is 2. The molecule has 24 heavy (non-hydrogen) atoms. The van der Waals surface area contributed by atoms with Crippen molar-refractivity contribution in [2.24, 2.45) is 0 Å². The van der Waals surface area contributed by atoms with Crippen molar-refractivity contribution >= 4 is 12.0 Å². The van der Waals surface area contributed by atoms with Crippen LogP contribution >= 0.6 is 0 Å². The van der Waals surface area contributed by atoms with Gasteiger partial charge in [-0.2, -0.15) is 5.10 Å². The SMILES string of the molecule is C[C@@H](Cn1cccn1)NC(=O)N[C@H]1CCCN(c2ncccn2)C1. The van der Waals surface area contributed by atoms with Gasteiger partial charge < -0.3 is 15.5 Å². The van der Waals surface area contributed by atoms with Gasteiger partial charge in [-0.15, -0.1) is 0 Å². The average Bonchev–Trinajstić information content (AvgIpc) is 3.08. The van der Waals surface area contributed by atoms with E-state index in [4.69, 9.17) is 0 Å². The first kappa shape index (κ1) is 16.2. The first-order valence-corrected chi connectivity index (χ1v) is 8.27. The Morgan fingerprint density at radius 3 is 2.92 bits per heavy atom. The Labute approximate surface area is 141 Å². The number of nitrogens with one attached hydrogen (secondary N) is 2. The zero-order valence-electron chi connectivity index (χ0n) is 13.8. The second-order valence-electron chi connectivity index (χ2n) is 6.08. The first-order chi connectivity index (χ1) is 11.7. The molecule has 2 N–H and O–H groups in total. The fourth-order valence-electron chi connectivity index (χ4n) is 2.92. The molecule has 2 aromatic heterocycles. The molecule has 3 heterocycles. The molecule has 1 aliphatic heterocycles. The zero-order valence-corrected chi connectivity index (χ0v) is 13.8. The summed E-state index contributed by atoms with van der Waals surface area (Å²) in [6.07, 6.45) is 9.06. The van der Waals surface area contributed by atoms with Gasteiger partial charge in [-0.25, -0.2) is 14.8 Å². The summed E-state index contributed by atoms with van der Waals surface area (Å²) in [6, 6.07) is 3.63. The van der Waals surface area contributed by atoms with E-state index in [1.165, 1.54) is 0 Å². The lowest BCUT2D eigenvalue weighted by Crippen LogP contribution is -2.52. The molecule has 128 valence electrons. The number of carbonyl (C=O) groups is 1. The molecular formula is C16H23N7O. The summed E-state index contributed by atoms with van der Waals surface area (Å²) in [5.74, 6) is 0.719. The van der Waals surface area contributed by atoms with Crippen LogP contribution in [0.3, 0.4) is 0 Å². The lowest BCUT2D eigenvalue weighted by molar-refractivity contribution is 0.230. The van der Waals surface area contributed by atoms with Crippen molar-refractivity contribution in [2.75, 3.05) is 18.0 Å². The molecule has 8 heteroatoms. The van der Waals surface area contributed by atoms with Gasteiger partial charge in [-0.3, -0.25) is 4.68 Å². The van der Waals surface area contributed by atoms with Gasteiger partial charge in [-0.05, 0) is 31.9 Å². The second-order valence-corrected chi connectivity index (χ2v) is 6.08. The lowest BCUT2D eigenvalue weighted by Gasteiger charge is -2.33. The van der Waals surface area contributed by atoms with Crippen molar-refractivity contribution in [1.82, 2.24) is 30.4 Å². The summed E-state index contributed by atoms with van der Waals surface area (Å²) >= 11 is 0. The fourth-order valence-corrected chi connectivity index (χ4v) is 2.92. The number of anilines is 1. The zero-order chi connectivity index (χ0) is 16.8. The Morgan fingerprint density at radius 2 is 2.17 bits per heavy atom. The van der Waals surface area contributed by atoms with Crippen LogP contribution in [0.25, 0.3) is 0 Å². The van der Waals surface area contributed by atoms with E-state index in [1.807, 2.05) is 19.2 Å². The minimum Gasteiger partial charge on any atom is -0.339 e. The highest BCUT2D eigenvalue weighted by Crippen LogP contribution is 2.15. The van der Waals surface area contributed by atoms with Gasteiger partial charge in [0.05, 0.1) is 6.54 Å². The summed E-state index contributed by atoms with van der Waals surface area (Å²) in [7, 11) is 0. The molecule has 3 rings (SSSR count). The van der Waals surface area contributed by atoms with Crippen LogP contribution in [-0.2, 0) is 6.54 Å². The number of rotatable bonds is 5. The summed E-state index contributed by atoms with van der Waals surface area (Å²) in [5, 5.41) is 10.2. The molecule has 0 aromatic carbocycles. The standard InChI is InChI=1S/C16H23N7O/c1-13(11-23-10-4-8-19-23)20-16(24)21-14-5-2-9-22(12-14)15-17-6-3-7-18-15/h3-4,6-8,10,13-14H,2,5,9,11-12H2,1H3,(H2,20,21,24)/t13-,14-/m0/s1. The van der Waals surface area contributed by atoms with E-state index in [0.29, 0.717) is 6.54 Å². The number of hydrogen-bond acceptors (Lipinski definition) is 5. The predicted molar refractivity (Wildman–Crippen MR) is 90.6 cm³/mol. The fraction of sp³-hybridized carbons (Fsp3) is 0.500. The van der Waals surface area contributed by atoms with E-state index in [-0.39, 0.29) is 18.1 Å². The Kier molecular flexibility index (Phi) is 5.25. The molecule has 0 radical (unpaired) electrons. The molecule has 0 aliphatic carbocycles. The normalized spacial score (nSPS) is 18.9. The topological polar surface area (TPSA) is 88.0 Å². The number of piperidine rings is 1. The van der Waals surface area contributed by atoms with Crippen molar-refractivity contribution in [1.29, 1.82) is 0 Å². The number of hydrogen-bond donors (Lipinski definition) is 2. The minimum absolute atomic E-state index is 0.00190. The van der Waals surface area contributed by atoms with Crippen LogP contribution in [0.1, 0.15) is 19.8 Å². The lowest BCUT2D eigenvalue weighted by atomic mass is 10.1. The number of aromatic nitrogens is 4. The van der Waals surface area contributed by atoms with Crippen LogP contribution in [0.4, 0.5) is 10.7 Å². The Morgan fingerprint density at radius 1 is 1.33 bits per heavy atom. The van der Waals surface area contributed by atoms with Gasteiger partial charge in [0.1, 0.15) is 0 Å². The summed E-state index contributed by atoms with van der Waals surface area (Å²) in [6.45, 7) is 4.26. The maximum atomic E-state index is 12.2. The van der Waals surface area contributed by atoms with Crippen LogP contribution in [0.2, 0.25) is 0 Å². The van der Waals surface area contributed by atoms with E-state index < -0.39 is 0 Å². The molecule has 1 fully saturated rings. The molecule has 8 nitrogen and oxygen atoms in total. The molecule has 1 saturated heterocycles.